The van der Waals surface area contributed by atoms with E-state index < -0.39 is 0 Å². The summed E-state index contributed by atoms with van der Waals surface area (Å²) < 4.78 is 18.2. The molecule has 3 heteroatoms. The monoisotopic (exact) mass is 219 g/mol. The van der Waals surface area contributed by atoms with Crippen LogP contribution in [0.2, 0.25) is 0 Å². The molecule has 0 fully saturated rings. The summed E-state index contributed by atoms with van der Waals surface area (Å²) in [5.74, 6) is 0.585. The smallest absolute Gasteiger partial charge is 0.123 e. The Bertz CT molecular complexity index is 504. The Balaban J connectivity index is 2.37. The fourth-order valence-corrected chi connectivity index (χ4v) is 1.79. The first-order chi connectivity index (χ1) is 7.58. The zero-order valence-electron chi connectivity index (χ0n) is 9.33. The Morgan fingerprint density at radius 3 is 2.56 bits per heavy atom. The maximum Gasteiger partial charge on any atom is 0.123 e. The maximum absolute atomic E-state index is 13.0. The number of nitrogens with two attached hydrogens (primary N) is 1. The molecule has 1 aromatic heterocycles. The lowest BCUT2D eigenvalue weighted by Crippen LogP contribution is -2.12. The van der Waals surface area contributed by atoms with Gasteiger partial charge < -0.3 is 10.2 Å². The maximum atomic E-state index is 13.0. The topological polar surface area (TPSA) is 39.2 Å². The third kappa shape index (κ3) is 1.99. The standard InChI is InChI=1S/C13H14FNO/c1-8-5-11(14)3-4-12(8)13(15)10-6-9(2)16-7-10/h3-7,13H,15H2,1-2H3. The summed E-state index contributed by atoms with van der Waals surface area (Å²) in [7, 11) is 0. The SMILES string of the molecule is Cc1cc(C(N)c2ccc(F)cc2C)co1. The van der Waals surface area contributed by atoms with Crippen molar-refractivity contribution in [2.75, 3.05) is 0 Å². The number of furan rings is 1. The Hall–Kier alpha value is -1.61. The van der Waals surface area contributed by atoms with Crippen LogP contribution in [0.1, 0.15) is 28.5 Å². The first-order valence-corrected chi connectivity index (χ1v) is 5.14. The van der Waals surface area contributed by atoms with Gasteiger partial charge in [0.15, 0.2) is 0 Å². The van der Waals surface area contributed by atoms with Crippen molar-refractivity contribution in [3.8, 4) is 0 Å². The van der Waals surface area contributed by atoms with Crippen LogP contribution in [0.5, 0.6) is 0 Å². The normalized spacial score (nSPS) is 12.8. The molecule has 2 aromatic rings. The van der Waals surface area contributed by atoms with Crippen LogP contribution in [0, 0.1) is 19.7 Å². The van der Waals surface area contributed by atoms with E-state index in [1.807, 2.05) is 19.9 Å². The molecule has 1 aromatic carbocycles. The quantitative estimate of drug-likeness (QED) is 0.843. The Morgan fingerprint density at radius 2 is 2.00 bits per heavy atom. The molecule has 1 unspecified atom stereocenters. The van der Waals surface area contributed by atoms with Crippen LogP contribution in [0.4, 0.5) is 4.39 Å². The molecular formula is C13H14FNO. The second kappa shape index (κ2) is 4.10. The van der Waals surface area contributed by atoms with Gasteiger partial charge in [0, 0.05) is 5.56 Å². The zero-order valence-corrected chi connectivity index (χ0v) is 9.33. The number of aryl methyl sites for hydroxylation is 2. The van der Waals surface area contributed by atoms with Gasteiger partial charge in [-0.15, -0.1) is 0 Å². The first kappa shape index (κ1) is 10.9. The molecule has 1 heterocycles. The number of halogens is 1. The third-order valence-electron chi connectivity index (χ3n) is 2.68. The largest absolute Gasteiger partial charge is 0.469 e. The van der Waals surface area contributed by atoms with Crippen LogP contribution in [0.15, 0.2) is 34.9 Å². The van der Waals surface area contributed by atoms with Crippen LogP contribution in [-0.2, 0) is 0 Å². The minimum atomic E-state index is -0.266. The van der Waals surface area contributed by atoms with Crippen LogP contribution >= 0.6 is 0 Å². The van der Waals surface area contributed by atoms with Gasteiger partial charge in [-0.1, -0.05) is 6.07 Å². The molecule has 84 valence electrons. The lowest BCUT2D eigenvalue weighted by atomic mass is 9.97. The summed E-state index contributed by atoms with van der Waals surface area (Å²) >= 11 is 0. The van der Waals surface area contributed by atoms with Gasteiger partial charge in [0.2, 0.25) is 0 Å². The predicted octanol–water partition coefficient (Wildman–Crippen LogP) is 3.08. The predicted molar refractivity (Wildman–Crippen MR) is 60.6 cm³/mol. The van der Waals surface area contributed by atoms with E-state index in [4.69, 9.17) is 10.2 Å². The van der Waals surface area contributed by atoms with Crippen molar-refractivity contribution in [3.05, 3.63) is 58.8 Å². The van der Waals surface area contributed by atoms with E-state index in [1.165, 1.54) is 12.1 Å². The van der Waals surface area contributed by atoms with E-state index in [2.05, 4.69) is 0 Å². The van der Waals surface area contributed by atoms with Gasteiger partial charge >= 0.3 is 0 Å². The van der Waals surface area contributed by atoms with E-state index in [0.29, 0.717) is 0 Å². The zero-order chi connectivity index (χ0) is 11.7. The van der Waals surface area contributed by atoms with Crippen molar-refractivity contribution < 1.29 is 8.81 Å². The van der Waals surface area contributed by atoms with Gasteiger partial charge in [0.25, 0.3) is 0 Å². The fraction of sp³-hybridized carbons (Fsp3) is 0.231. The van der Waals surface area contributed by atoms with Crippen molar-refractivity contribution in [1.82, 2.24) is 0 Å². The van der Waals surface area contributed by atoms with Crippen molar-refractivity contribution >= 4 is 0 Å². The van der Waals surface area contributed by atoms with E-state index in [1.54, 1.807) is 12.3 Å². The Labute approximate surface area is 93.9 Å². The first-order valence-electron chi connectivity index (χ1n) is 5.14. The minimum Gasteiger partial charge on any atom is -0.469 e. The molecule has 0 aliphatic rings. The van der Waals surface area contributed by atoms with Gasteiger partial charge in [-0.2, -0.15) is 0 Å². The summed E-state index contributed by atoms with van der Waals surface area (Å²) in [6.07, 6.45) is 1.64. The second-order valence-corrected chi connectivity index (χ2v) is 3.97. The molecule has 2 N–H and O–H groups in total. The highest BCUT2D eigenvalue weighted by Gasteiger charge is 2.13. The molecule has 1 atom stereocenters. The van der Waals surface area contributed by atoms with Crippen LogP contribution in [-0.4, -0.2) is 0 Å². The molecule has 0 saturated carbocycles. The molecule has 0 aliphatic carbocycles. The van der Waals surface area contributed by atoms with Crippen LogP contribution in [0.25, 0.3) is 0 Å². The lowest BCUT2D eigenvalue weighted by Gasteiger charge is -2.12. The van der Waals surface area contributed by atoms with Crippen molar-refractivity contribution in [2.45, 2.75) is 19.9 Å². The lowest BCUT2D eigenvalue weighted by molar-refractivity contribution is 0.530. The average molecular weight is 219 g/mol. The highest BCUT2D eigenvalue weighted by Crippen LogP contribution is 2.24. The molecule has 0 bridgehead atoms. The van der Waals surface area contributed by atoms with Crippen molar-refractivity contribution in [1.29, 1.82) is 0 Å². The molecule has 2 rings (SSSR count). The van der Waals surface area contributed by atoms with E-state index >= 15 is 0 Å². The summed E-state index contributed by atoms with van der Waals surface area (Å²) in [5.41, 5.74) is 8.78. The van der Waals surface area contributed by atoms with Crippen molar-refractivity contribution in [2.24, 2.45) is 5.73 Å². The Kier molecular flexibility index (Phi) is 2.79. The second-order valence-electron chi connectivity index (χ2n) is 3.97. The van der Waals surface area contributed by atoms with Gasteiger partial charge in [-0.25, -0.2) is 4.39 Å². The van der Waals surface area contributed by atoms with Crippen molar-refractivity contribution in [3.63, 3.8) is 0 Å². The highest BCUT2D eigenvalue weighted by molar-refractivity contribution is 5.36. The van der Waals surface area contributed by atoms with Crippen LogP contribution in [0.3, 0.4) is 0 Å². The number of hydrogen-bond donors (Lipinski definition) is 1. The molecular weight excluding hydrogens is 205 g/mol. The molecule has 0 spiro atoms. The average Bonchev–Trinajstić information content (AvgIpc) is 2.64. The molecule has 16 heavy (non-hydrogen) atoms. The van der Waals surface area contributed by atoms with Gasteiger partial charge in [0.1, 0.15) is 11.6 Å². The highest BCUT2D eigenvalue weighted by atomic mass is 19.1. The van der Waals surface area contributed by atoms with Gasteiger partial charge in [0.05, 0.1) is 12.3 Å². The minimum absolute atomic E-state index is 0.239. The van der Waals surface area contributed by atoms with Gasteiger partial charge in [-0.3, -0.25) is 0 Å². The summed E-state index contributed by atoms with van der Waals surface area (Å²) in [6.45, 7) is 3.72. The number of hydrogen-bond acceptors (Lipinski definition) is 2. The fourth-order valence-electron chi connectivity index (χ4n) is 1.79. The van der Waals surface area contributed by atoms with E-state index in [-0.39, 0.29) is 11.9 Å². The summed E-state index contributed by atoms with van der Waals surface area (Å²) in [6, 6.07) is 6.26. The van der Waals surface area contributed by atoms with Gasteiger partial charge in [-0.05, 0) is 43.2 Å². The van der Waals surface area contributed by atoms with E-state index in [0.717, 1.165) is 22.5 Å². The molecule has 0 aliphatic heterocycles. The number of rotatable bonds is 2. The Morgan fingerprint density at radius 1 is 1.25 bits per heavy atom. The van der Waals surface area contributed by atoms with Crippen LogP contribution < -0.4 is 5.73 Å². The summed E-state index contributed by atoms with van der Waals surface area (Å²) in [5, 5.41) is 0. The summed E-state index contributed by atoms with van der Waals surface area (Å²) in [4.78, 5) is 0. The van der Waals surface area contributed by atoms with E-state index in [9.17, 15) is 4.39 Å². The third-order valence-corrected chi connectivity index (χ3v) is 2.68. The molecule has 0 amide bonds. The number of benzene rings is 1. The molecule has 2 nitrogen and oxygen atoms in total. The molecule has 0 radical (unpaired) electrons. The molecule has 0 saturated heterocycles.